The third-order valence-corrected chi connectivity index (χ3v) is 3.73. The topological polar surface area (TPSA) is 37.6 Å². The maximum absolute atomic E-state index is 6.04. The van der Waals surface area contributed by atoms with Crippen LogP contribution < -0.4 is 5.32 Å². The summed E-state index contributed by atoms with van der Waals surface area (Å²) >= 11 is 0. The number of hydrogen-bond donors (Lipinski definition) is 1. The van der Waals surface area contributed by atoms with Crippen LogP contribution in [0.5, 0.6) is 0 Å². The predicted octanol–water partition coefficient (Wildman–Crippen LogP) is 3.09. The third kappa shape index (κ3) is 5.13. The average molecular weight is 294 g/mol. The van der Waals surface area contributed by atoms with Crippen molar-refractivity contribution in [2.75, 3.05) is 13.1 Å². The lowest BCUT2D eigenvalue weighted by molar-refractivity contribution is -0.0718. The van der Waals surface area contributed by atoms with Gasteiger partial charge in [0.1, 0.15) is 11.5 Å². The number of nitrogens with zero attached hydrogens (tertiary/aromatic N) is 1. The molecular weight excluding hydrogens is 264 g/mol. The van der Waals surface area contributed by atoms with E-state index < -0.39 is 0 Å². The Balaban J connectivity index is 1.95. The van der Waals surface area contributed by atoms with Crippen molar-refractivity contribution in [2.45, 2.75) is 72.4 Å². The van der Waals surface area contributed by atoms with Crippen molar-refractivity contribution in [3.63, 3.8) is 0 Å². The van der Waals surface area contributed by atoms with Crippen LogP contribution in [0, 0.1) is 6.92 Å². The van der Waals surface area contributed by atoms with Crippen LogP contribution in [-0.2, 0) is 17.8 Å². The first kappa shape index (κ1) is 16.5. The molecule has 4 nitrogen and oxygen atoms in total. The van der Waals surface area contributed by atoms with E-state index in [4.69, 9.17) is 9.15 Å². The third-order valence-electron chi connectivity index (χ3n) is 3.73. The van der Waals surface area contributed by atoms with Gasteiger partial charge in [0.15, 0.2) is 0 Å². The van der Waals surface area contributed by atoms with Crippen molar-refractivity contribution in [3.05, 3.63) is 23.2 Å². The largest absolute Gasteiger partial charge is 0.463 e. The van der Waals surface area contributed by atoms with Crippen molar-refractivity contribution >= 4 is 0 Å². The fourth-order valence-electron chi connectivity index (χ4n) is 2.82. The molecular formula is C17H30N2O2. The van der Waals surface area contributed by atoms with Crippen LogP contribution in [0.15, 0.2) is 10.5 Å². The SMILES string of the molecule is Cc1cc(CN2C[C@@H](C)O[C@@H](C)C2)oc1CNC(C)(C)C. The first-order valence-electron chi connectivity index (χ1n) is 7.94. The minimum Gasteiger partial charge on any atom is -0.463 e. The normalized spacial score (nSPS) is 24.5. The van der Waals surface area contributed by atoms with Crippen molar-refractivity contribution in [1.82, 2.24) is 10.2 Å². The molecule has 0 amide bonds. The molecule has 0 aromatic carbocycles. The van der Waals surface area contributed by atoms with Gasteiger partial charge in [0.2, 0.25) is 0 Å². The Morgan fingerprint density at radius 1 is 1.24 bits per heavy atom. The summed E-state index contributed by atoms with van der Waals surface area (Å²) in [6.07, 6.45) is 0.596. The monoisotopic (exact) mass is 294 g/mol. The van der Waals surface area contributed by atoms with Crippen LogP contribution in [0.3, 0.4) is 0 Å². The molecule has 120 valence electrons. The average Bonchev–Trinajstić information content (AvgIpc) is 2.64. The molecule has 0 aliphatic carbocycles. The Hall–Kier alpha value is -0.840. The van der Waals surface area contributed by atoms with E-state index in [1.165, 1.54) is 5.56 Å². The smallest absolute Gasteiger partial charge is 0.120 e. The summed E-state index contributed by atoms with van der Waals surface area (Å²) in [7, 11) is 0. The van der Waals surface area contributed by atoms with Gasteiger partial charge in [0.05, 0.1) is 25.3 Å². The number of aryl methyl sites for hydroxylation is 1. The van der Waals surface area contributed by atoms with Crippen LogP contribution in [0.4, 0.5) is 0 Å². The predicted molar refractivity (Wildman–Crippen MR) is 85.3 cm³/mol. The second-order valence-corrected chi connectivity index (χ2v) is 7.37. The zero-order valence-electron chi connectivity index (χ0n) is 14.3. The van der Waals surface area contributed by atoms with E-state index in [1.54, 1.807) is 0 Å². The number of furan rings is 1. The minimum atomic E-state index is 0.106. The molecule has 1 aliphatic rings. The van der Waals surface area contributed by atoms with E-state index >= 15 is 0 Å². The Bertz CT molecular complexity index is 452. The van der Waals surface area contributed by atoms with E-state index in [-0.39, 0.29) is 5.54 Å². The van der Waals surface area contributed by atoms with E-state index in [9.17, 15) is 0 Å². The maximum atomic E-state index is 6.04. The molecule has 1 N–H and O–H groups in total. The van der Waals surface area contributed by atoms with Crippen LogP contribution in [0.1, 0.15) is 51.7 Å². The highest BCUT2D eigenvalue weighted by atomic mass is 16.5. The van der Waals surface area contributed by atoms with Crippen molar-refractivity contribution in [2.24, 2.45) is 0 Å². The molecule has 2 heterocycles. The van der Waals surface area contributed by atoms with E-state index in [2.05, 4.69) is 57.8 Å². The van der Waals surface area contributed by atoms with Crippen LogP contribution >= 0.6 is 0 Å². The van der Waals surface area contributed by atoms with E-state index in [0.29, 0.717) is 12.2 Å². The minimum absolute atomic E-state index is 0.106. The van der Waals surface area contributed by atoms with Gasteiger partial charge in [-0.1, -0.05) is 0 Å². The highest BCUT2D eigenvalue weighted by molar-refractivity contribution is 5.20. The van der Waals surface area contributed by atoms with Gasteiger partial charge in [-0.25, -0.2) is 0 Å². The molecule has 0 unspecified atom stereocenters. The Morgan fingerprint density at radius 3 is 2.43 bits per heavy atom. The molecule has 0 bridgehead atoms. The molecule has 0 saturated carbocycles. The van der Waals surface area contributed by atoms with Gasteiger partial charge >= 0.3 is 0 Å². The van der Waals surface area contributed by atoms with Crippen molar-refractivity contribution in [3.8, 4) is 0 Å². The lowest BCUT2D eigenvalue weighted by atomic mass is 10.1. The molecule has 1 aliphatic heterocycles. The van der Waals surface area contributed by atoms with Gasteiger partial charge in [-0.2, -0.15) is 0 Å². The van der Waals surface area contributed by atoms with Crippen molar-refractivity contribution in [1.29, 1.82) is 0 Å². The second-order valence-electron chi connectivity index (χ2n) is 7.37. The number of nitrogens with one attached hydrogen (secondary N) is 1. The summed E-state index contributed by atoms with van der Waals surface area (Å²) in [6.45, 7) is 16.5. The maximum Gasteiger partial charge on any atom is 0.120 e. The molecule has 1 aromatic heterocycles. The van der Waals surface area contributed by atoms with Gasteiger partial charge in [-0.05, 0) is 53.2 Å². The number of morpholine rings is 1. The molecule has 4 heteroatoms. The summed E-state index contributed by atoms with van der Waals surface area (Å²) in [5.41, 5.74) is 1.34. The zero-order valence-corrected chi connectivity index (χ0v) is 14.3. The number of ether oxygens (including phenoxy) is 1. The van der Waals surface area contributed by atoms with Crippen LogP contribution in [-0.4, -0.2) is 35.7 Å². The summed E-state index contributed by atoms with van der Waals surface area (Å²) in [4.78, 5) is 2.41. The van der Waals surface area contributed by atoms with Gasteiger partial charge in [-0.15, -0.1) is 0 Å². The Labute approximate surface area is 128 Å². The number of rotatable bonds is 4. The number of hydrogen-bond acceptors (Lipinski definition) is 4. The quantitative estimate of drug-likeness (QED) is 0.926. The summed E-state index contributed by atoms with van der Waals surface area (Å²) in [5, 5.41) is 3.48. The summed E-state index contributed by atoms with van der Waals surface area (Å²) < 4.78 is 11.8. The fraction of sp³-hybridized carbons (Fsp3) is 0.765. The fourth-order valence-corrected chi connectivity index (χ4v) is 2.82. The molecule has 2 rings (SSSR count). The highest BCUT2D eigenvalue weighted by Gasteiger charge is 2.23. The van der Waals surface area contributed by atoms with Crippen LogP contribution in [0.25, 0.3) is 0 Å². The first-order valence-corrected chi connectivity index (χ1v) is 7.94. The highest BCUT2D eigenvalue weighted by Crippen LogP contribution is 2.19. The molecule has 2 atom stereocenters. The molecule has 0 radical (unpaired) electrons. The molecule has 21 heavy (non-hydrogen) atoms. The van der Waals surface area contributed by atoms with E-state index in [0.717, 1.165) is 37.7 Å². The first-order chi connectivity index (χ1) is 9.73. The molecule has 1 aromatic rings. The van der Waals surface area contributed by atoms with Gasteiger partial charge in [0, 0.05) is 18.6 Å². The summed E-state index contributed by atoms with van der Waals surface area (Å²) in [5.74, 6) is 2.11. The van der Waals surface area contributed by atoms with Gasteiger partial charge < -0.3 is 14.5 Å². The standard InChI is InChI=1S/C17H30N2O2/c1-12-7-15(21-16(12)8-18-17(4,5)6)11-19-9-13(2)20-14(3)10-19/h7,13-14,18H,8-11H2,1-6H3/t13-,14+. The lowest BCUT2D eigenvalue weighted by Crippen LogP contribution is -2.44. The zero-order chi connectivity index (χ0) is 15.6. The molecule has 0 spiro atoms. The lowest BCUT2D eigenvalue weighted by Gasteiger charge is -2.34. The summed E-state index contributed by atoms with van der Waals surface area (Å²) in [6, 6.07) is 2.17. The van der Waals surface area contributed by atoms with Crippen LogP contribution in [0.2, 0.25) is 0 Å². The van der Waals surface area contributed by atoms with Crippen molar-refractivity contribution < 1.29 is 9.15 Å². The Morgan fingerprint density at radius 2 is 1.86 bits per heavy atom. The molecule has 1 saturated heterocycles. The second kappa shape index (κ2) is 6.51. The molecule has 1 fully saturated rings. The van der Waals surface area contributed by atoms with E-state index in [1.807, 2.05) is 0 Å². The van der Waals surface area contributed by atoms with Gasteiger partial charge in [-0.3, -0.25) is 4.90 Å². The Kier molecular flexibility index (Phi) is 5.12. The van der Waals surface area contributed by atoms with Gasteiger partial charge in [0.25, 0.3) is 0 Å².